The van der Waals surface area contributed by atoms with E-state index in [4.69, 9.17) is 27.9 Å². The summed E-state index contributed by atoms with van der Waals surface area (Å²) < 4.78 is 52.5. The van der Waals surface area contributed by atoms with E-state index in [1.54, 1.807) is 6.07 Å². The third-order valence-corrected chi connectivity index (χ3v) is 6.72. The normalized spacial score (nSPS) is 25.3. The maximum absolute atomic E-state index is 13.2. The molecule has 1 aromatic heterocycles. The van der Waals surface area contributed by atoms with E-state index in [0.717, 1.165) is 11.3 Å². The molecular formula is C14H11Cl2FO4S2. The van der Waals surface area contributed by atoms with E-state index in [1.807, 2.05) is 0 Å². The van der Waals surface area contributed by atoms with Gasteiger partial charge in [-0.25, -0.2) is 4.39 Å². The molecule has 124 valence electrons. The number of hydrogen-bond donors (Lipinski definition) is 1. The molecule has 23 heavy (non-hydrogen) atoms. The molecule has 2 aromatic rings. The number of hydrogen-bond acceptors (Lipinski definition) is 4. The van der Waals surface area contributed by atoms with Gasteiger partial charge in [0.05, 0.1) is 4.34 Å². The first kappa shape index (κ1) is 17.1. The molecule has 9 heteroatoms. The Hall–Kier alpha value is -0.700. The van der Waals surface area contributed by atoms with Gasteiger partial charge in [-0.05, 0) is 30.7 Å². The molecule has 0 radical (unpaired) electrons. The van der Waals surface area contributed by atoms with Crippen LogP contribution in [0, 0.1) is 5.82 Å². The van der Waals surface area contributed by atoms with Crippen LogP contribution in [0.3, 0.4) is 0 Å². The van der Waals surface area contributed by atoms with E-state index >= 15 is 0 Å². The van der Waals surface area contributed by atoms with Gasteiger partial charge in [0.2, 0.25) is 0 Å². The van der Waals surface area contributed by atoms with Gasteiger partial charge >= 0.3 is 0 Å². The van der Waals surface area contributed by atoms with Crippen LogP contribution in [-0.2, 0) is 20.5 Å². The average Bonchev–Trinajstić information content (AvgIpc) is 3.11. The van der Waals surface area contributed by atoms with Gasteiger partial charge in [0.15, 0.2) is 0 Å². The summed E-state index contributed by atoms with van der Waals surface area (Å²) in [6, 6.07) is 6.86. The Bertz CT molecular complexity index is 850. The summed E-state index contributed by atoms with van der Waals surface area (Å²) in [6.45, 7) is 1.33. The monoisotopic (exact) mass is 396 g/mol. The predicted octanol–water partition coefficient (Wildman–Crippen LogP) is 4.44. The fourth-order valence-electron chi connectivity index (χ4n) is 2.68. The molecule has 4 nitrogen and oxygen atoms in total. The number of rotatable bonds is 4. The predicted molar refractivity (Wildman–Crippen MR) is 87.3 cm³/mol. The molecule has 1 aromatic carbocycles. The van der Waals surface area contributed by atoms with Crippen LogP contribution in [0.2, 0.25) is 8.67 Å². The zero-order valence-corrected chi connectivity index (χ0v) is 14.8. The summed E-state index contributed by atoms with van der Waals surface area (Å²) in [5.74, 6) is -0.461. The highest BCUT2D eigenvalue weighted by Gasteiger charge is 2.66. The van der Waals surface area contributed by atoms with Gasteiger partial charge in [-0.2, -0.15) is 8.42 Å². The van der Waals surface area contributed by atoms with Crippen LogP contribution in [0.1, 0.15) is 24.2 Å². The summed E-state index contributed by atoms with van der Waals surface area (Å²) in [6.07, 6.45) is -0.693. The van der Waals surface area contributed by atoms with Crippen molar-refractivity contribution in [3.63, 3.8) is 0 Å². The van der Waals surface area contributed by atoms with Crippen LogP contribution in [0.5, 0.6) is 0 Å². The highest BCUT2D eigenvalue weighted by atomic mass is 35.5. The Kier molecular flexibility index (Phi) is 4.23. The van der Waals surface area contributed by atoms with E-state index in [2.05, 4.69) is 0 Å². The zero-order chi connectivity index (χ0) is 17.0. The van der Waals surface area contributed by atoms with Gasteiger partial charge < -0.3 is 4.74 Å². The van der Waals surface area contributed by atoms with E-state index in [9.17, 15) is 17.4 Å². The second-order valence-corrected chi connectivity index (χ2v) is 9.26. The summed E-state index contributed by atoms with van der Waals surface area (Å²) in [4.78, 5) is 0. The van der Waals surface area contributed by atoms with Gasteiger partial charge in [0, 0.05) is 5.56 Å². The SMILES string of the molecule is CC(C1(c2ccc(F)cc2)OC1c1cc(Cl)sc1Cl)S(=O)(=O)O. The van der Waals surface area contributed by atoms with E-state index in [1.165, 1.54) is 31.2 Å². The van der Waals surface area contributed by atoms with E-state index in [0.29, 0.717) is 19.8 Å². The van der Waals surface area contributed by atoms with Crippen molar-refractivity contribution in [1.29, 1.82) is 0 Å². The standard InChI is InChI=1S/C14H11Cl2FO4S2/c1-7(23(18,19)20)14(8-2-4-9(17)5-3-8)12(21-14)10-6-11(15)22-13(10)16/h2-7,12H,1H3,(H,18,19,20). The lowest BCUT2D eigenvalue weighted by atomic mass is 9.90. The molecular weight excluding hydrogens is 386 g/mol. The minimum absolute atomic E-state index is 0.381. The first-order valence-corrected chi connectivity index (χ1v) is 9.58. The fraction of sp³-hybridized carbons (Fsp3) is 0.286. The minimum atomic E-state index is -4.39. The van der Waals surface area contributed by atoms with Gasteiger partial charge in [-0.3, -0.25) is 4.55 Å². The van der Waals surface area contributed by atoms with Crippen molar-refractivity contribution in [2.75, 3.05) is 0 Å². The summed E-state index contributed by atoms with van der Waals surface area (Å²) >= 11 is 13.2. The van der Waals surface area contributed by atoms with E-state index < -0.39 is 32.9 Å². The van der Waals surface area contributed by atoms with Gasteiger partial charge in [-0.1, -0.05) is 35.3 Å². The van der Waals surface area contributed by atoms with Crippen LogP contribution in [0.4, 0.5) is 4.39 Å². The molecule has 0 aliphatic carbocycles. The van der Waals surface area contributed by atoms with Crippen LogP contribution in [-0.4, -0.2) is 18.2 Å². The summed E-state index contributed by atoms with van der Waals surface area (Å²) in [7, 11) is -4.39. The lowest BCUT2D eigenvalue weighted by Gasteiger charge is -2.19. The zero-order valence-electron chi connectivity index (χ0n) is 11.7. The Morgan fingerprint density at radius 2 is 1.96 bits per heavy atom. The fourth-order valence-corrected chi connectivity index (χ4v) is 4.95. The van der Waals surface area contributed by atoms with Gasteiger partial charge in [-0.15, -0.1) is 11.3 Å². The highest BCUT2D eigenvalue weighted by Crippen LogP contribution is 2.62. The maximum atomic E-state index is 13.2. The molecule has 1 aliphatic rings. The number of ether oxygens (including phenoxy) is 1. The molecule has 3 unspecified atom stereocenters. The molecule has 1 aliphatic heterocycles. The van der Waals surface area contributed by atoms with Crippen LogP contribution in [0.25, 0.3) is 0 Å². The Labute approximate surface area is 146 Å². The first-order chi connectivity index (χ1) is 10.7. The number of thiophene rings is 1. The minimum Gasteiger partial charge on any atom is -0.354 e. The van der Waals surface area contributed by atoms with E-state index in [-0.39, 0.29) is 0 Å². The van der Waals surface area contributed by atoms with Crippen molar-refractivity contribution in [3.05, 3.63) is 55.9 Å². The molecule has 1 saturated heterocycles. The summed E-state index contributed by atoms with van der Waals surface area (Å²) in [5, 5.41) is -1.26. The first-order valence-electron chi connectivity index (χ1n) is 6.51. The molecule has 2 heterocycles. The van der Waals surface area contributed by atoms with Crippen molar-refractivity contribution in [1.82, 2.24) is 0 Å². The van der Waals surface area contributed by atoms with Crippen molar-refractivity contribution >= 4 is 44.7 Å². The smallest absolute Gasteiger partial charge is 0.270 e. The topological polar surface area (TPSA) is 66.9 Å². The third kappa shape index (κ3) is 2.90. The number of benzene rings is 1. The second-order valence-electron chi connectivity index (χ2n) is 5.23. The van der Waals surface area contributed by atoms with Crippen LogP contribution >= 0.6 is 34.5 Å². The lowest BCUT2D eigenvalue weighted by Crippen LogP contribution is -2.33. The summed E-state index contributed by atoms with van der Waals surface area (Å²) in [5.41, 5.74) is -0.358. The Balaban J connectivity index is 2.11. The lowest BCUT2D eigenvalue weighted by molar-refractivity contribution is 0.284. The van der Waals surface area contributed by atoms with Crippen molar-refractivity contribution in [2.45, 2.75) is 23.9 Å². The maximum Gasteiger partial charge on any atom is 0.270 e. The molecule has 0 amide bonds. The van der Waals surface area contributed by atoms with Crippen molar-refractivity contribution in [3.8, 4) is 0 Å². The third-order valence-electron chi connectivity index (χ3n) is 3.96. The second kappa shape index (κ2) is 5.68. The Morgan fingerprint density at radius 1 is 1.35 bits per heavy atom. The largest absolute Gasteiger partial charge is 0.354 e. The quantitative estimate of drug-likeness (QED) is 0.612. The Morgan fingerprint density at radius 3 is 2.43 bits per heavy atom. The average molecular weight is 397 g/mol. The number of epoxide rings is 1. The molecule has 1 N–H and O–H groups in total. The molecule has 0 bridgehead atoms. The molecule has 1 fully saturated rings. The molecule has 0 saturated carbocycles. The van der Waals surface area contributed by atoms with Crippen molar-refractivity contribution in [2.24, 2.45) is 0 Å². The van der Waals surface area contributed by atoms with Gasteiger partial charge in [0.25, 0.3) is 10.1 Å². The molecule has 0 spiro atoms. The molecule has 3 rings (SSSR count). The van der Waals surface area contributed by atoms with Crippen LogP contribution < -0.4 is 0 Å². The highest BCUT2D eigenvalue weighted by molar-refractivity contribution is 7.86. The van der Waals surface area contributed by atoms with Crippen LogP contribution in [0.15, 0.2) is 30.3 Å². The van der Waals surface area contributed by atoms with Crippen molar-refractivity contribution < 1.29 is 22.1 Å². The van der Waals surface area contributed by atoms with Gasteiger partial charge in [0.1, 0.15) is 27.1 Å². The molecule has 3 atom stereocenters. The number of halogens is 3.